The number of thioether (sulfide) groups is 1. The van der Waals surface area contributed by atoms with Gasteiger partial charge in [-0.15, -0.1) is 0 Å². The van der Waals surface area contributed by atoms with Gasteiger partial charge in [0.1, 0.15) is 5.03 Å². The Kier molecular flexibility index (Phi) is 5.97. The Morgan fingerprint density at radius 3 is 3.00 bits per heavy atom. The molecular formula is C22H27N3O4S. The average molecular weight is 430 g/mol. The van der Waals surface area contributed by atoms with E-state index in [9.17, 15) is 0 Å². The molecule has 0 amide bonds. The Balaban J connectivity index is 1.41. The van der Waals surface area contributed by atoms with Crippen molar-refractivity contribution in [2.45, 2.75) is 43.9 Å². The molecule has 3 aliphatic heterocycles. The molecule has 160 valence electrons. The van der Waals surface area contributed by atoms with Gasteiger partial charge in [-0.1, -0.05) is 0 Å². The number of hydrogen-bond donors (Lipinski definition) is 0. The zero-order chi connectivity index (χ0) is 20.3. The first-order chi connectivity index (χ1) is 14.8. The maximum atomic E-state index is 5.90. The average Bonchev–Trinajstić information content (AvgIpc) is 3.42. The molecule has 0 saturated carbocycles. The molecule has 1 saturated heterocycles. The Bertz CT molecular complexity index is 946. The number of aromatic nitrogens is 1. The fourth-order valence-electron chi connectivity index (χ4n) is 4.01. The van der Waals surface area contributed by atoms with Crippen LogP contribution in [0.25, 0.3) is 10.9 Å². The van der Waals surface area contributed by atoms with E-state index in [1.165, 1.54) is 5.56 Å². The molecule has 0 spiro atoms. The van der Waals surface area contributed by atoms with Crippen LogP contribution in [-0.2, 0) is 16.0 Å². The Labute approximate surface area is 180 Å². The van der Waals surface area contributed by atoms with Crippen LogP contribution in [0.1, 0.15) is 31.7 Å². The highest BCUT2D eigenvalue weighted by Gasteiger charge is 2.28. The first kappa shape index (κ1) is 19.9. The lowest BCUT2D eigenvalue weighted by Crippen LogP contribution is -2.38. The summed E-state index contributed by atoms with van der Waals surface area (Å²) in [6, 6.07) is 6.22. The molecular weight excluding hydrogens is 402 g/mol. The first-order valence-corrected chi connectivity index (χ1v) is 11.5. The third-order valence-corrected chi connectivity index (χ3v) is 6.63. The van der Waals surface area contributed by atoms with E-state index >= 15 is 0 Å². The zero-order valence-electron chi connectivity index (χ0n) is 17.3. The minimum absolute atomic E-state index is 0.272. The number of hydrogen-bond acceptors (Lipinski definition) is 7. The van der Waals surface area contributed by atoms with Crippen LogP contribution in [-0.4, -0.2) is 60.9 Å². The van der Waals surface area contributed by atoms with Gasteiger partial charge in [-0.2, -0.15) is 0 Å². The van der Waals surface area contributed by atoms with Gasteiger partial charge in [0, 0.05) is 56.5 Å². The predicted molar refractivity (Wildman–Crippen MR) is 117 cm³/mol. The third kappa shape index (κ3) is 4.22. The lowest BCUT2D eigenvalue weighted by molar-refractivity contribution is 0.0902. The van der Waals surface area contributed by atoms with Crippen molar-refractivity contribution in [1.29, 1.82) is 0 Å². The summed E-state index contributed by atoms with van der Waals surface area (Å²) in [5, 5.41) is 3.13. The SMILES string of the molecule is CCOCCCN=C1Sc2nc3cc4c(cc3cc2CN1CC1CCCO1)OCO4. The molecule has 0 bridgehead atoms. The summed E-state index contributed by atoms with van der Waals surface area (Å²) in [7, 11) is 0. The molecule has 8 heteroatoms. The van der Waals surface area contributed by atoms with Gasteiger partial charge in [-0.05, 0) is 50.1 Å². The summed E-state index contributed by atoms with van der Waals surface area (Å²) in [6.45, 7) is 7.07. The van der Waals surface area contributed by atoms with Gasteiger partial charge in [0.05, 0.1) is 11.6 Å². The van der Waals surface area contributed by atoms with Crippen LogP contribution in [0.5, 0.6) is 11.5 Å². The number of aliphatic imine (C=N–C) groups is 1. The van der Waals surface area contributed by atoms with Crippen LogP contribution in [0, 0.1) is 0 Å². The molecule has 1 aromatic heterocycles. The molecule has 1 atom stereocenters. The highest BCUT2D eigenvalue weighted by atomic mass is 32.2. The minimum Gasteiger partial charge on any atom is -0.454 e. The molecule has 1 aromatic carbocycles. The fraction of sp³-hybridized carbons (Fsp3) is 0.545. The lowest BCUT2D eigenvalue weighted by atomic mass is 10.1. The summed E-state index contributed by atoms with van der Waals surface area (Å²) in [6.07, 6.45) is 3.46. The fourth-order valence-corrected chi connectivity index (χ4v) is 5.01. The van der Waals surface area contributed by atoms with Gasteiger partial charge in [0.25, 0.3) is 0 Å². The number of pyridine rings is 1. The van der Waals surface area contributed by atoms with Crippen LogP contribution in [0.2, 0.25) is 0 Å². The van der Waals surface area contributed by atoms with E-state index in [2.05, 4.69) is 11.0 Å². The topological polar surface area (TPSA) is 65.4 Å². The molecule has 4 heterocycles. The van der Waals surface area contributed by atoms with Crippen molar-refractivity contribution >= 4 is 27.8 Å². The van der Waals surface area contributed by atoms with Crippen LogP contribution >= 0.6 is 11.8 Å². The Morgan fingerprint density at radius 2 is 2.17 bits per heavy atom. The van der Waals surface area contributed by atoms with Crippen molar-refractivity contribution < 1.29 is 18.9 Å². The van der Waals surface area contributed by atoms with Crippen molar-refractivity contribution in [2.24, 2.45) is 4.99 Å². The van der Waals surface area contributed by atoms with Crippen molar-refractivity contribution in [3.63, 3.8) is 0 Å². The van der Waals surface area contributed by atoms with Gasteiger partial charge in [-0.3, -0.25) is 4.99 Å². The number of ether oxygens (including phenoxy) is 4. The highest BCUT2D eigenvalue weighted by molar-refractivity contribution is 8.13. The van der Waals surface area contributed by atoms with Gasteiger partial charge in [0.15, 0.2) is 16.7 Å². The van der Waals surface area contributed by atoms with Gasteiger partial charge < -0.3 is 23.8 Å². The second-order valence-electron chi connectivity index (χ2n) is 7.68. The molecule has 0 radical (unpaired) electrons. The predicted octanol–water partition coefficient (Wildman–Crippen LogP) is 3.83. The largest absolute Gasteiger partial charge is 0.454 e. The van der Waals surface area contributed by atoms with E-state index in [0.29, 0.717) is 0 Å². The van der Waals surface area contributed by atoms with E-state index < -0.39 is 0 Å². The molecule has 30 heavy (non-hydrogen) atoms. The van der Waals surface area contributed by atoms with Crippen molar-refractivity contribution in [3.8, 4) is 11.5 Å². The third-order valence-electron chi connectivity index (χ3n) is 5.51. The lowest BCUT2D eigenvalue weighted by Gasteiger charge is -2.32. The second-order valence-corrected chi connectivity index (χ2v) is 8.64. The van der Waals surface area contributed by atoms with E-state index in [1.54, 1.807) is 11.8 Å². The Morgan fingerprint density at radius 1 is 1.27 bits per heavy atom. The van der Waals surface area contributed by atoms with Gasteiger partial charge in [-0.25, -0.2) is 4.98 Å². The van der Waals surface area contributed by atoms with E-state index in [-0.39, 0.29) is 12.9 Å². The van der Waals surface area contributed by atoms with Crippen molar-refractivity contribution in [2.75, 3.05) is 39.7 Å². The second kappa shape index (κ2) is 8.99. The zero-order valence-corrected chi connectivity index (χ0v) is 18.1. The standard InChI is InChI=1S/C22H27N3O4S/c1-2-26-7-4-6-23-22-25(13-17-5-3-8-27-17)12-16-9-15-10-19-20(29-14-28-19)11-18(15)24-21(16)30-22/h9-11,17H,2-8,12-14H2,1H3. The van der Waals surface area contributed by atoms with Crippen LogP contribution in [0.15, 0.2) is 28.2 Å². The van der Waals surface area contributed by atoms with Gasteiger partial charge >= 0.3 is 0 Å². The number of amidine groups is 1. The summed E-state index contributed by atoms with van der Waals surface area (Å²) in [5.41, 5.74) is 2.14. The normalized spacial score (nSPS) is 21.6. The quantitative estimate of drug-likeness (QED) is 0.620. The van der Waals surface area contributed by atoms with Crippen LogP contribution in [0.3, 0.4) is 0 Å². The molecule has 2 aromatic rings. The monoisotopic (exact) mass is 429 g/mol. The number of benzene rings is 1. The van der Waals surface area contributed by atoms with Crippen molar-refractivity contribution in [3.05, 3.63) is 23.8 Å². The molecule has 0 aliphatic carbocycles. The molecule has 1 fully saturated rings. The first-order valence-electron chi connectivity index (χ1n) is 10.7. The Hall–Kier alpha value is -2.03. The summed E-state index contributed by atoms with van der Waals surface area (Å²) < 4.78 is 22.4. The molecule has 7 nitrogen and oxygen atoms in total. The number of nitrogens with zero attached hydrogens (tertiary/aromatic N) is 3. The molecule has 0 N–H and O–H groups in total. The number of rotatable bonds is 7. The maximum absolute atomic E-state index is 5.90. The summed E-state index contributed by atoms with van der Waals surface area (Å²) >= 11 is 1.66. The van der Waals surface area contributed by atoms with Gasteiger partial charge in [0.2, 0.25) is 6.79 Å². The van der Waals surface area contributed by atoms with E-state index in [4.69, 9.17) is 28.9 Å². The van der Waals surface area contributed by atoms with Crippen LogP contribution < -0.4 is 9.47 Å². The van der Waals surface area contributed by atoms with Crippen molar-refractivity contribution in [1.82, 2.24) is 9.88 Å². The summed E-state index contributed by atoms with van der Waals surface area (Å²) in [4.78, 5) is 12.2. The van der Waals surface area contributed by atoms with E-state index in [0.717, 1.165) is 91.3 Å². The smallest absolute Gasteiger partial charge is 0.231 e. The highest BCUT2D eigenvalue weighted by Crippen LogP contribution is 2.39. The molecule has 3 aliphatic rings. The number of fused-ring (bicyclic) bond motifs is 3. The molecule has 5 rings (SSSR count). The minimum atomic E-state index is 0.272. The maximum Gasteiger partial charge on any atom is 0.231 e. The molecule has 1 unspecified atom stereocenters. The summed E-state index contributed by atoms with van der Waals surface area (Å²) in [5.74, 6) is 1.56. The van der Waals surface area contributed by atoms with Crippen LogP contribution in [0.4, 0.5) is 0 Å². The van der Waals surface area contributed by atoms with E-state index in [1.807, 2.05) is 19.1 Å².